The summed E-state index contributed by atoms with van der Waals surface area (Å²) < 4.78 is 41.2. The van der Waals surface area contributed by atoms with Crippen LogP contribution in [-0.4, -0.2) is 89.6 Å². The number of carboxylic acid groups (broad SMARTS) is 1. The van der Waals surface area contributed by atoms with E-state index in [0.717, 1.165) is 0 Å². The van der Waals surface area contributed by atoms with Crippen molar-refractivity contribution in [1.29, 1.82) is 0 Å². The van der Waals surface area contributed by atoms with Crippen LogP contribution in [0.2, 0.25) is 0 Å². The van der Waals surface area contributed by atoms with Gasteiger partial charge in [0.15, 0.2) is 0 Å². The highest BCUT2D eigenvalue weighted by atomic mass is 19.4. The number of halogens is 3. The highest BCUT2D eigenvalue weighted by Crippen LogP contribution is 2.13. The van der Waals surface area contributed by atoms with Crippen LogP contribution < -0.4 is 10.6 Å². The number of rotatable bonds is 13. The molecule has 1 heterocycles. The standard InChI is InChI=1S/C14H21N5O8.C2HF3O2/c1-25-14(22)11(6-10-7-15-9-17-10)18-12(20)2-3-16-13(21)8-26-4-5-27-19(23)24;3-2(4,5)1(6)7/h7,9,11H,2-6,8H2,1H3,(H,15,17)(H,16,21)(H,18,20);(H,6,7). The van der Waals surface area contributed by atoms with Gasteiger partial charge >= 0.3 is 18.1 Å². The summed E-state index contributed by atoms with van der Waals surface area (Å²) in [4.78, 5) is 64.7. The van der Waals surface area contributed by atoms with E-state index in [9.17, 15) is 37.7 Å². The van der Waals surface area contributed by atoms with E-state index in [0.29, 0.717) is 5.69 Å². The SMILES string of the molecule is COC(=O)C(Cc1c[nH]cn1)NC(=O)CCNC(=O)COCCO[N+](=O)[O-].O=C(O)C(F)(F)F. The average molecular weight is 501 g/mol. The maximum absolute atomic E-state index is 11.9. The Morgan fingerprint density at radius 2 is 1.91 bits per heavy atom. The van der Waals surface area contributed by atoms with Crippen LogP contribution >= 0.6 is 0 Å². The molecule has 2 amide bonds. The zero-order valence-electron chi connectivity index (χ0n) is 17.6. The number of carboxylic acids is 1. The number of carbonyl (C=O) groups excluding carboxylic acids is 3. The molecule has 0 saturated heterocycles. The van der Waals surface area contributed by atoms with Crippen LogP contribution in [0.3, 0.4) is 0 Å². The Kier molecular flexibility index (Phi) is 13.9. The zero-order chi connectivity index (χ0) is 26.1. The molecule has 4 N–H and O–H groups in total. The molecule has 0 fully saturated rings. The van der Waals surface area contributed by atoms with Gasteiger partial charge in [-0.1, -0.05) is 0 Å². The molecule has 1 unspecified atom stereocenters. The van der Waals surface area contributed by atoms with E-state index in [1.807, 2.05) is 0 Å². The van der Waals surface area contributed by atoms with Crippen molar-refractivity contribution in [2.45, 2.75) is 25.1 Å². The second kappa shape index (κ2) is 15.8. The number of aliphatic carboxylic acids is 1. The zero-order valence-corrected chi connectivity index (χ0v) is 17.6. The van der Waals surface area contributed by atoms with Crippen LogP contribution in [0.4, 0.5) is 13.2 Å². The summed E-state index contributed by atoms with van der Waals surface area (Å²) >= 11 is 0. The first-order chi connectivity index (χ1) is 15.9. The van der Waals surface area contributed by atoms with Crippen molar-refractivity contribution < 1.29 is 56.9 Å². The predicted molar refractivity (Wildman–Crippen MR) is 101 cm³/mol. The lowest BCUT2D eigenvalue weighted by Gasteiger charge is -2.15. The molecule has 0 saturated carbocycles. The van der Waals surface area contributed by atoms with Gasteiger partial charge in [-0.25, -0.2) is 14.6 Å². The van der Waals surface area contributed by atoms with Crippen LogP contribution in [-0.2, 0) is 39.9 Å². The maximum atomic E-state index is 11.9. The molecular formula is C16H22F3N5O10. The summed E-state index contributed by atoms with van der Waals surface area (Å²) in [7, 11) is 1.21. The van der Waals surface area contributed by atoms with Gasteiger partial charge in [-0.3, -0.25) is 9.59 Å². The molecule has 18 heteroatoms. The van der Waals surface area contributed by atoms with Gasteiger partial charge in [0, 0.05) is 25.6 Å². The fourth-order valence-electron chi connectivity index (χ4n) is 1.92. The highest BCUT2D eigenvalue weighted by molar-refractivity contribution is 5.85. The van der Waals surface area contributed by atoms with Crippen LogP contribution in [0.5, 0.6) is 0 Å². The Bertz CT molecular complexity index is 804. The minimum absolute atomic E-state index is 0.0235. The number of nitrogens with zero attached hydrogens (tertiary/aromatic N) is 2. The average Bonchev–Trinajstić information content (AvgIpc) is 3.25. The molecule has 1 aromatic rings. The number of H-pyrrole nitrogens is 1. The third-order valence-electron chi connectivity index (χ3n) is 3.36. The lowest BCUT2D eigenvalue weighted by Crippen LogP contribution is -2.44. The summed E-state index contributed by atoms with van der Waals surface area (Å²) in [6, 6.07) is -0.897. The van der Waals surface area contributed by atoms with Gasteiger partial charge in [-0.05, 0) is 0 Å². The number of amides is 2. The lowest BCUT2D eigenvalue weighted by molar-refractivity contribution is -0.758. The number of esters is 1. The molecule has 0 aromatic carbocycles. The number of methoxy groups -OCH3 is 1. The van der Waals surface area contributed by atoms with Gasteiger partial charge < -0.3 is 35.0 Å². The van der Waals surface area contributed by atoms with E-state index in [1.54, 1.807) is 6.20 Å². The molecule has 0 aliphatic rings. The lowest BCUT2D eigenvalue weighted by atomic mass is 10.1. The molecule has 0 radical (unpaired) electrons. The highest BCUT2D eigenvalue weighted by Gasteiger charge is 2.38. The van der Waals surface area contributed by atoms with Crippen LogP contribution in [0.1, 0.15) is 12.1 Å². The quantitative estimate of drug-likeness (QED) is 0.111. The first-order valence-electron chi connectivity index (χ1n) is 9.13. The Morgan fingerprint density at radius 3 is 2.41 bits per heavy atom. The van der Waals surface area contributed by atoms with Crippen molar-refractivity contribution in [2.24, 2.45) is 0 Å². The van der Waals surface area contributed by atoms with E-state index < -0.39 is 41.1 Å². The summed E-state index contributed by atoms with van der Waals surface area (Å²) in [6.45, 7) is -0.709. The molecule has 0 aliphatic heterocycles. The van der Waals surface area contributed by atoms with E-state index in [-0.39, 0.29) is 39.2 Å². The molecular weight excluding hydrogens is 479 g/mol. The summed E-state index contributed by atoms with van der Waals surface area (Å²) in [5, 5.41) is 21.0. The smallest absolute Gasteiger partial charge is 0.475 e. The fourth-order valence-corrected chi connectivity index (χ4v) is 1.92. The van der Waals surface area contributed by atoms with Gasteiger partial charge in [0.1, 0.15) is 19.3 Å². The Labute approximate surface area is 189 Å². The molecule has 15 nitrogen and oxygen atoms in total. The summed E-state index contributed by atoms with van der Waals surface area (Å²) in [5.41, 5.74) is 0.581. The normalized spacial score (nSPS) is 11.3. The molecule has 0 aliphatic carbocycles. The van der Waals surface area contributed by atoms with E-state index in [4.69, 9.17) is 14.6 Å². The third-order valence-corrected chi connectivity index (χ3v) is 3.36. The molecule has 0 bridgehead atoms. The number of aromatic nitrogens is 2. The van der Waals surface area contributed by atoms with Crippen molar-refractivity contribution in [1.82, 2.24) is 20.6 Å². The molecule has 192 valence electrons. The van der Waals surface area contributed by atoms with E-state index in [2.05, 4.69) is 30.2 Å². The van der Waals surface area contributed by atoms with E-state index >= 15 is 0 Å². The van der Waals surface area contributed by atoms with Crippen molar-refractivity contribution in [2.75, 3.05) is 33.5 Å². The predicted octanol–water partition coefficient (Wildman–Crippen LogP) is -1.03. The Balaban J connectivity index is 0.00000135. The molecule has 1 rings (SSSR count). The monoisotopic (exact) mass is 501 g/mol. The van der Waals surface area contributed by atoms with Crippen molar-refractivity contribution in [3.63, 3.8) is 0 Å². The molecule has 0 spiro atoms. The van der Waals surface area contributed by atoms with Crippen molar-refractivity contribution in [3.8, 4) is 0 Å². The second-order valence-corrected chi connectivity index (χ2v) is 5.92. The number of alkyl halides is 3. The minimum atomic E-state index is -5.08. The number of ether oxygens (including phenoxy) is 2. The first kappa shape index (κ1) is 30.0. The summed E-state index contributed by atoms with van der Waals surface area (Å²) in [6.07, 6.45) is -1.94. The van der Waals surface area contributed by atoms with Gasteiger partial charge in [-0.2, -0.15) is 13.2 Å². The Morgan fingerprint density at radius 1 is 1.26 bits per heavy atom. The molecule has 1 atom stereocenters. The number of nitrogens with one attached hydrogen (secondary N) is 3. The second-order valence-electron chi connectivity index (χ2n) is 5.92. The minimum Gasteiger partial charge on any atom is -0.475 e. The fraction of sp³-hybridized carbons (Fsp3) is 0.562. The van der Waals surface area contributed by atoms with Crippen LogP contribution in [0.15, 0.2) is 12.5 Å². The van der Waals surface area contributed by atoms with Gasteiger partial charge in [0.05, 0.1) is 25.7 Å². The maximum Gasteiger partial charge on any atom is 0.490 e. The number of imidazole rings is 1. The Hall–Kier alpha value is -3.96. The van der Waals surface area contributed by atoms with Crippen LogP contribution in [0, 0.1) is 10.1 Å². The van der Waals surface area contributed by atoms with E-state index in [1.165, 1.54) is 13.4 Å². The van der Waals surface area contributed by atoms with Crippen molar-refractivity contribution in [3.05, 3.63) is 28.3 Å². The first-order valence-corrected chi connectivity index (χ1v) is 9.13. The number of hydrogen-bond donors (Lipinski definition) is 4. The largest absolute Gasteiger partial charge is 0.490 e. The number of carbonyl (C=O) groups is 4. The van der Waals surface area contributed by atoms with Gasteiger partial charge in [0.25, 0.3) is 5.09 Å². The summed E-state index contributed by atoms with van der Waals surface area (Å²) in [5.74, 6) is -4.32. The van der Waals surface area contributed by atoms with Crippen LogP contribution in [0.25, 0.3) is 0 Å². The van der Waals surface area contributed by atoms with Gasteiger partial charge in [0.2, 0.25) is 11.8 Å². The topological polar surface area (TPSA) is 212 Å². The molecule has 34 heavy (non-hydrogen) atoms. The van der Waals surface area contributed by atoms with Crippen molar-refractivity contribution >= 4 is 23.8 Å². The number of aromatic amines is 1. The number of hydrogen-bond acceptors (Lipinski definition) is 10. The third kappa shape index (κ3) is 14.9. The van der Waals surface area contributed by atoms with Gasteiger partial charge in [-0.15, -0.1) is 10.1 Å². The molecule has 1 aromatic heterocycles.